The molecule has 8 atom stereocenters. The highest BCUT2D eigenvalue weighted by atomic mass is 16.5. The number of carbonyl (C=O) groups is 4. The maximum absolute atomic E-state index is 14.2. The molecule has 1 aromatic carbocycles. The molecule has 0 saturated carbocycles. The lowest BCUT2D eigenvalue weighted by molar-refractivity contribution is -0.147. The zero-order valence-electron chi connectivity index (χ0n) is 33.0. The van der Waals surface area contributed by atoms with Gasteiger partial charge in [0.15, 0.2) is 5.96 Å². The van der Waals surface area contributed by atoms with E-state index in [0.717, 1.165) is 18.4 Å². The molecular formula is C38H64N6O7. The van der Waals surface area contributed by atoms with Gasteiger partial charge in [0.25, 0.3) is 0 Å². The number of likely N-dealkylation sites (tertiary alicyclic amines) is 1. The van der Waals surface area contributed by atoms with Crippen molar-refractivity contribution in [2.24, 2.45) is 22.7 Å². The number of benzene rings is 1. The van der Waals surface area contributed by atoms with Gasteiger partial charge >= 0.3 is 5.97 Å². The Labute approximate surface area is 305 Å². The van der Waals surface area contributed by atoms with E-state index >= 15 is 0 Å². The number of aliphatic carboxylic acids is 1. The summed E-state index contributed by atoms with van der Waals surface area (Å²) in [6, 6.07) is 6.59. The summed E-state index contributed by atoms with van der Waals surface area (Å²) >= 11 is 0. The molecule has 2 rings (SSSR count). The number of carboxylic acids is 1. The summed E-state index contributed by atoms with van der Waals surface area (Å²) < 4.78 is 11.9. The summed E-state index contributed by atoms with van der Waals surface area (Å²) in [7, 11) is 12.4. The van der Waals surface area contributed by atoms with Crippen molar-refractivity contribution in [3.8, 4) is 0 Å². The Morgan fingerprint density at radius 1 is 0.980 bits per heavy atom. The number of likely N-dealkylation sites (N-methyl/N-ethyl adjacent to an activating group) is 1. The maximum atomic E-state index is 14.2. The van der Waals surface area contributed by atoms with Gasteiger partial charge in [-0.15, -0.1) is 0 Å². The van der Waals surface area contributed by atoms with Crippen molar-refractivity contribution < 1.29 is 33.8 Å². The quantitative estimate of drug-likeness (QED) is 0.173. The Hall–Kier alpha value is -3.71. The van der Waals surface area contributed by atoms with Crippen molar-refractivity contribution in [2.75, 3.05) is 56.0 Å². The Balaban J connectivity index is 2.29. The Kier molecular flexibility index (Phi) is 17.3. The molecule has 1 aliphatic heterocycles. The molecule has 3 unspecified atom stereocenters. The van der Waals surface area contributed by atoms with Crippen LogP contribution in [0, 0.1) is 17.8 Å². The molecule has 1 saturated heterocycles. The van der Waals surface area contributed by atoms with E-state index in [9.17, 15) is 24.3 Å². The number of carbonyl (C=O) groups excluding carboxylic acids is 3. The van der Waals surface area contributed by atoms with Crippen LogP contribution in [0.25, 0.3) is 0 Å². The fraction of sp³-hybridized carbons (Fsp3) is 0.711. The molecule has 13 nitrogen and oxygen atoms in total. The van der Waals surface area contributed by atoms with Crippen molar-refractivity contribution >= 4 is 29.7 Å². The van der Waals surface area contributed by atoms with Crippen LogP contribution in [0.1, 0.15) is 65.9 Å². The van der Waals surface area contributed by atoms with Gasteiger partial charge in [-0.2, -0.15) is 0 Å². The van der Waals surface area contributed by atoms with Crippen LogP contribution >= 0.6 is 0 Å². The second kappa shape index (κ2) is 20.4. The van der Waals surface area contributed by atoms with Gasteiger partial charge in [0.1, 0.15) is 12.1 Å². The smallest absolute Gasteiger partial charge is 0.326 e. The molecule has 1 fully saturated rings. The van der Waals surface area contributed by atoms with Crippen LogP contribution in [0.4, 0.5) is 0 Å². The van der Waals surface area contributed by atoms with Crippen molar-refractivity contribution in [1.82, 2.24) is 24.9 Å². The van der Waals surface area contributed by atoms with Crippen molar-refractivity contribution in [2.45, 2.75) is 103 Å². The molecule has 1 aromatic rings. The topological polar surface area (TPSA) is 144 Å². The van der Waals surface area contributed by atoms with Gasteiger partial charge in [0.05, 0.1) is 36.6 Å². The molecule has 1 heterocycles. The molecule has 0 radical (unpaired) electrons. The number of nitrogens with zero attached hydrogens (tertiary/aromatic N) is 5. The van der Waals surface area contributed by atoms with E-state index < -0.39 is 54.2 Å². The second-order valence-electron chi connectivity index (χ2n) is 14.6. The molecule has 51 heavy (non-hydrogen) atoms. The molecule has 1 aliphatic rings. The first-order valence-electron chi connectivity index (χ1n) is 18.1. The average molecular weight is 717 g/mol. The van der Waals surface area contributed by atoms with E-state index in [1.54, 1.807) is 30.9 Å². The maximum Gasteiger partial charge on any atom is 0.326 e. The first-order chi connectivity index (χ1) is 24.0. The van der Waals surface area contributed by atoms with Crippen molar-refractivity contribution in [1.29, 1.82) is 0 Å². The molecular weight excluding hydrogens is 652 g/mol. The molecule has 0 bridgehead atoms. The lowest BCUT2D eigenvalue weighted by atomic mass is 9.89. The zero-order valence-corrected chi connectivity index (χ0v) is 33.0. The molecule has 0 aliphatic carbocycles. The number of hydrogen-bond donors (Lipinski definition) is 2. The van der Waals surface area contributed by atoms with Gasteiger partial charge in [-0.25, -0.2) is 9.79 Å². The Bertz CT molecular complexity index is 1300. The number of nitrogens with one attached hydrogen (secondary N) is 1. The predicted molar refractivity (Wildman–Crippen MR) is 199 cm³/mol. The van der Waals surface area contributed by atoms with Crippen LogP contribution in [-0.2, 0) is 35.1 Å². The number of carboxylic acid groups (broad SMARTS) is 1. The van der Waals surface area contributed by atoms with Crippen LogP contribution < -0.4 is 5.32 Å². The fourth-order valence-electron chi connectivity index (χ4n) is 7.11. The zero-order chi connectivity index (χ0) is 38.6. The van der Waals surface area contributed by atoms with Crippen LogP contribution in [0.5, 0.6) is 0 Å². The predicted octanol–water partition coefficient (Wildman–Crippen LogP) is 3.22. The highest BCUT2D eigenvalue weighted by Crippen LogP contribution is 2.30. The van der Waals surface area contributed by atoms with Gasteiger partial charge < -0.3 is 39.5 Å². The van der Waals surface area contributed by atoms with Crippen molar-refractivity contribution in [3.05, 3.63) is 35.9 Å². The van der Waals surface area contributed by atoms with Crippen LogP contribution in [-0.4, -0.2) is 147 Å². The average Bonchev–Trinajstić information content (AvgIpc) is 3.57. The number of hydrogen-bond acceptors (Lipinski definition) is 7. The lowest BCUT2D eigenvalue weighted by Gasteiger charge is -2.40. The second-order valence-corrected chi connectivity index (χ2v) is 14.6. The Morgan fingerprint density at radius 3 is 2.08 bits per heavy atom. The summed E-state index contributed by atoms with van der Waals surface area (Å²) in [5, 5.41) is 12.6. The van der Waals surface area contributed by atoms with E-state index in [2.05, 4.69) is 19.2 Å². The molecule has 0 spiro atoms. The van der Waals surface area contributed by atoms with E-state index in [1.165, 1.54) is 7.11 Å². The van der Waals surface area contributed by atoms with Crippen molar-refractivity contribution in [3.63, 3.8) is 0 Å². The van der Waals surface area contributed by atoms with Gasteiger partial charge in [-0.3, -0.25) is 14.4 Å². The van der Waals surface area contributed by atoms with E-state index in [1.807, 2.05) is 82.2 Å². The van der Waals surface area contributed by atoms with Crippen LogP contribution in [0.15, 0.2) is 35.3 Å². The van der Waals surface area contributed by atoms with E-state index in [4.69, 9.17) is 14.5 Å². The highest BCUT2D eigenvalue weighted by Gasteiger charge is 2.43. The molecule has 0 aromatic heterocycles. The number of rotatable bonds is 18. The minimum Gasteiger partial charge on any atom is -0.480 e. The minimum absolute atomic E-state index is 0.0125. The highest BCUT2D eigenvalue weighted by molar-refractivity contribution is 5.88. The summed E-state index contributed by atoms with van der Waals surface area (Å²) in [6.45, 7) is 10.3. The standard InChI is InChI=1S/C38H64N6O7/c1-13-25(4)33(43(10)36(47)32(24(2)3)40-38(41(6)7)42(8)9)30(50-11)23-31(45)44-21-17-20-29(44)34(51-12)26(5)35(46)39-28(37(48)49)22-27-18-15-14-16-19-27/h14-16,18-19,24-26,28-30,32-34H,13,17,20-23H2,1-12H3,(H,39,46)(H,48,49)/t25-,26+,28?,29?,30+,32?,33-,34+/m0/s1. The van der Waals surface area contributed by atoms with Crippen LogP contribution in [0.2, 0.25) is 0 Å². The summed E-state index contributed by atoms with van der Waals surface area (Å²) in [5.74, 6) is -1.99. The Morgan fingerprint density at radius 2 is 1.59 bits per heavy atom. The molecule has 3 amide bonds. The third kappa shape index (κ3) is 11.6. The monoisotopic (exact) mass is 716 g/mol. The third-order valence-corrected chi connectivity index (χ3v) is 10.1. The number of methoxy groups -OCH3 is 2. The SMILES string of the molecule is CC[C@H](C)[C@@H]([C@@H](CC(=O)N1CCCC1[C@H](OC)[C@@H](C)C(=O)NC(Cc1ccccc1)C(=O)O)OC)N(C)C(=O)C(N=C(N(C)C)N(C)C)C(C)C. The number of aliphatic imine (C=N–C) groups is 1. The molecule has 288 valence electrons. The normalized spacial score (nSPS) is 18.5. The summed E-state index contributed by atoms with van der Waals surface area (Å²) in [4.78, 5) is 65.9. The summed E-state index contributed by atoms with van der Waals surface area (Å²) in [6.07, 6.45) is 1.04. The minimum atomic E-state index is -1.13. The summed E-state index contributed by atoms with van der Waals surface area (Å²) in [5.41, 5.74) is 0.795. The first kappa shape index (κ1) is 43.5. The largest absolute Gasteiger partial charge is 0.480 e. The third-order valence-electron chi connectivity index (χ3n) is 10.1. The number of guanidine groups is 1. The van der Waals surface area contributed by atoms with Crippen LogP contribution in [0.3, 0.4) is 0 Å². The number of amides is 3. The van der Waals surface area contributed by atoms with Gasteiger partial charge in [0.2, 0.25) is 17.7 Å². The number of ether oxygens (including phenoxy) is 2. The lowest BCUT2D eigenvalue weighted by Crippen LogP contribution is -2.55. The van der Waals surface area contributed by atoms with Gasteiger partial charge in [-0.05, 0) is 30.2 Å². The van der Waals surface area contributed by atoms with E-state index in [0.29, 0.717) is 18.9 Å². The first-order valence-corrected chi connectivity index (χ1v) is 18.1. The van der Waals surface area contributed by atoms with Gasteiger partial charge in [-0.1, -0.05) is 71.4 Å². The molecule has 13 heteroatoms. The van der Waals surface area contributed by atoms with E-state index in [-0.39, 0.29) is 36.5 Å². The fourth-order valence-corrected chi connectivity index (χ4v) is 7.11. The molecule has 2 N–H and O–H groups in total. The van der Waals surface area contributed by atoms with Gasteiger partial charge in [0, 0.05) is 62.4 Å².